The van der Waals surface area contributed by atoms with Crippen LogP contribution in [0.2, 0.25) is 0 Å². The van der Waals surface area contributed by atoms with E-state index in [1.54, 1.807) is 0 Å². The summed E-state index contributed by atoms with van der Waals surface area (Å²) in [6.45, 7) is 4.46. The predicted molar refractivity (Wildman–Crippen MR) is 117 cm³/mol. The van der Waals surface area contributed by atoms with E-state index in [9.17, 15) is 9.59 Å². The van der Waals surface area contributed by atoms with Crippen LogP contribution < -0.4 is 29.6 Å². The molecule has 0 bridgehead atoms. The van der Waals surface area contributed by atoms with Crippen molar-refractivity contribution in [1.29, 1.82) is 0 Å². The summed E-state index contributed by atoms with van der Waals surface area (Å²) in [4.78, 5) is 32.4. The van der Waals surface area contributed by atoms with Crippen molar-refractivity contribution in [1.82, 2.24) is 0 Å². The zero-order chi connectivity index (χ0) is 20.7. The third-order valence-electron chi connectivity index (χ3n) is 5.20. The van der Waals surface area contributed by atoms with Crippen molar-refractivity contribution in [3.63, 3.8) is 0 Å². The van der Waals surface area contributed by atoms with E-state index in [-0.39, 0.29) is 31.0 Å². The van der Waals surface area contributed by atoms with Crippen LogP contribution in [0.3, 0.4) is 0 Å². The van der Waals surface area contributed by atoms with E-state index in [0.29, 0.717) is 12.8 Å². The molecule has 0 spiro atoms. The number of carbonyl (C=O) groups is 2. The molecule has 0 saturated heterocycles. The molecule has 0 radical (unpaired) electrons. The zero-order valence-corrected chi connectivity index (χ0v) is 21.8. The van der Waals surface area contributed by atoms with Gasteiger partial charge < -0.3 is 1.43 Å². The maximum atomic E-state index is 11.6. The van der Waals surface area contributed by atoms with Crippen molar-refractivity contribution in [2.24, 2.45) is 0 Å². The molecule has 0 amide bonds. The van der Waals surface area contributed by atoms with Crippen LogP contribution >= 0.6 is 0 Å². The van der Waals surface area contributed by atoms with Crippen LogP contribution in [-0.4, -0.2) is 11.9 Å². The molecule has 0 aliphatic heterocycles. The van der Waals surface area contributed by atoms with Gasteiger partial charge in [-0.05, 0) is 12.8 Å². The number of hydrogen-bond donors (Lipinski definition) is 0. The molecular formula is C24H47NaO4. The minimum Gasteiger partial charge on any atom is -1.00 e. The summed E-state index contributed by atoms with van der Waals surface area (Å²) >= 11 is 0. The minimum absolute atomic E-state index is 0. The van der Waals surface area contributed by atoms with Crippen LogP contribution in [0.5, 0.6) is 0 Å². The monoisotopic (exact) mass is 422 g/mol. The maximum Gasteiger partial charge on any atom is 1.00 e. The molecule has 0 fully saturated rings. The third kappa shape index (κ3) is 25.9. The normalized spacial score (nSPS) is 10.4. The van der Waals surface area contributed by atoms with Crippen LogP contribution in [-0.2, 0) is 19.4 Å². The van der Waals surface area contributed by atoms with Crippen LogP contribution in [0.1, 0.15) is 144 Å². The standard InChI is InChI=1S/C24H46O4.Na.H/c1-3-5-7-9-11-13-15-17-19-21-23(25)27-28-24(26)22-20-18-16-14-12-10-8-6-4-2;;/h3-22H2,1-2H3;;/q;+1;-1. The van der Waals surface area contributed by atoms with E-state index in [2.05, 4.69) is 23.6 Å². The van der Waals surface area contributed by atoms with Gasteiger partial charge in [-0.1, -0.05) is 117 Å². The van der Waals surface area contributed by atoms with Crippen molar-refractivity contribution >= 4 is 11.9 Å². The van der Waals surface area contributed by atoms with Crippen molar-refractivity contribution in [3.8, 4) is 0 Å². The van der Waals surface area contributed by atoms with Gasteiger partial charge in [0, 0.05) is 0 Å². The maximum absolute atomic E-state index is 11.6. The quantitative estimate of drug-likeness (QED) is 0.121. The SMILES string of the molecule is CCCCCCCCCCCC(=O)OOC(=O)CCCCCCCCCCC.[H-].[Na+]. The molecule has 0 N–H and O–H groups in total. The van der Waals surface area contributed by atoms with Crippen LogP contribution in [0.25, 0.3) is 0 Å². The molecule has 29 heavy (non-hydrogen) atoms. The Morgan fingerprint density at radius 2 is 0.724 bits per heavy atom. The van der Waals surface area contributed by atoms with E-state index >= 15 is 0 Å². The van der Waals surface area contributed by atoms with E-state index in [1.807, 2.05) is 0 Å². The fourth-order valence-electron chi connectivity index (χ4n) is 3.34. The fraction of sp³-hybridized carbons (Fsp3) is 0.917. The van der Waals surface area contributed by atoms with Gasteiger partial charge in [0.2, 0.25) is 0 Å². The number of hydrogen-bond acceptors (Lipinski definition) is 4. The molecule has 0 aliphatic carbocycles. The first-order valence-corrected chi connectivity index (χ1v) is 12.1. The Balaban J connectivity index is -0.00000364. The van der Waals surface area contributed by atoms with Crippen molar-refractivity contribution in [3.05, 3.63) is 0 Å². The second-order valence-electron chi connectivity index (χ2n) is 8.07. The molecule has 5 heteroatoms. The van der Waals surface area contributed by atoms with Crippen LogP contribution in [0.15, 0.2) is 0 Å². The van der Waals surface area contributed by atoms with Gasteiger partial charge in [-0.15, -0.1) is 0 Å². The van der Waals surface area contributed by atoms with Gasteiger partial charge in [0.25, 0.3) is 0 Å². The van der Waals surface area contributed by atoms with Gasteiger partial charge in [-0.25, -0.2) is 19.4 Å². The molecule has 0 rings (SSSR count). The fourth-order valence-corrected chi connectivity index (χ4v) is 3.34. The summed E-state index contributed by atoms with van der Waals surface area (Å²) in [5, 5.41) is 0. The first-order valence-electron chi connectivity index (χ1n) is 12.1. The predicted octanol–water partition coefficient (Wildman–Crippen LogP) is 4.95. The van der Waals surface area contributed by atoms with Crippen molar-refractivity contribution < 1.29 is 50.3 Å². The van der Waals surface area contributed by atoms with E-state index in [0.717, 1.165) is 38.5 Å². The summed E-state index contributed by atoms with van der Waals surface area (Å²) in [5.41, 5.74) is 0. The van der Waals surface area contributed by atoms with Crippen molar-refractivity contribution in [2.75, 3.05) is 0 Å². The smallest absolute Gasteiger partial charge is 1.00 e. The third-order valence-corrected chi connectivity index (χ3v) is 5.20. The van der Waals surface area contributed by atoms with Gasteiger partial charge in [-0.2, -0.15) is 0 Å². The first kappa shape index (κ1) is 31.1. The van der Waals surface area contributed by atoms with Gasteiger partial charge in [0.15, 0.2) is 0 Å². The summed E-state index contributed by atoms with van der Waals surface area (Å²) < 4.78 is 0. The molecule has 0 unspecified atom stereocenters. The van der Waals surface area contributed by atoms with Crippen molar-refractivity contribution in [2.45, 2.75) is 142 Å². The summed E-state index contributed by atoms with van der Waals surface area (Å²) in [5.74, 6) is -0.855. The van der Waals surface area contributed by atoms with E-state index < -0.39 is 11.9 Å². The largest absolute Gasteiger partial charge is 1.00 e. The summed E-state index contributed by atoms with van der Waals surface area (Å²) in [6, 6.07) is 0. The Labute approximate surface area is 204 Å². The van der Waals surface area contributed by atoms with Crippen LogP contribution in [0, 0.1) is 0 Å². The molecule has 0 atom stereocenters. The van der Waals surface area contributed by atoms with Gasteiger partial charge >= 0.3 is 41.5 Å². The second kappa shape index (κ2) is 26.0. The molecule has 0 aromatic heterocycles. The molecule has 0 aliphatic rings. The molecule has 0 heterocycles. The minimum atomic E-state index is -0.427. The Morgan fingerprint density at radius 1 is 0.483 bits per heavy atom. The molecular weight excluding hydrogens is 375 g/mol. The summed E-state index contributed by atoms with van der Waals surface area (Å²) in [7, 11) is 0. The van der Waals surface area contributed by atoms with E-state index in [4.69, 9.17) is 0 Å². The number of rotatable bonds is 20. The molecule has 4 nitrogen and oxygen atoms in total. The van der Waals surface area contributed by atoms with Gasteiger partial charge in [-0.3, -0.25) is 0 Å². The average Bonchev–Trinajstić information content (AvgIpc) is 2.69. The van der Waals surface area contributed by atoms with Gasteiger partial charge in [0.1, 0.15) is 0 Å². The zero-order valence-electron chi connectivity index (χ0n) is 20.8. The average molecular weight is 423 g/mol. The molecule has 0 aromatic carbocycles. The molecule has 0 saturated carbocycles. The number of unbranched alkanes of at least 4 members (excludes halogenated alkanes) is 16. The van der Waals surface area contributed by atoms with Crippen LogP contribution in [0.4, 0.5) is 0 Å². The molecule has 0 aromatic rings. The Morgan fingerprint density at radius 3 is 1.00 bits per heavy atom. The molecule has 168 valence electrons. The Hall–Kier alpha value is -0.0600. The number of carbonyl (C=O) groups excluding carboxylic acids is 2. The van der Waals surface area contributed by atoms with Gasteiger partial charge in [0.05, 0.1) is 12.8 Å². The summed E-state index contributed by atoms with van der Waals surface area (Å²) in [6.07, 6.45) is 22.3. The Bertz CT molecular complexity index is 333. The second-order valence-corrected chi connectivity index (χ2v) is 8.07. The topological polar surface area (TPSA) is 52.6 Å². The Kier molecular flexibility index (Phi) is 27.9. The van der Waals surface area contributed by atoms with E-state index in [1.165, 1.54) is 77.0 Å². The first-order chi connectivity index (χ1) is 13.7.